The fraction of sp³-hybridized carbons (Fsp3) is 0.882. The van der Waals surface area contributed by atoms with E-state index in [1.54, 1.807) is 12.2 Å². The Bertz CT molecular complexity index is 463. The van der Waals surface area contributed by atoms with Gasteiger partial charge in [0.25, 0.3) is 0 Å². The van der Waals surface area contributed by atoms with Crippen LogP contribution in [-0.4, -0.2) is 24.2 Å². The maximum Gasteiger partial charge on any atom is 0.235 e. The third-order valence-electron chi connectivity index (χ3n) is 6.69. The van der Waals surface area contributed by atoms with Crippen molar-refractivity contribution in [2.45, 2.75) is 67.9 Å². The summed E-state index contributed by atoms with van der Waals surface area (Å²) in [5.41, 5.74) is -1.09. The molecule has 0 aliphatic rings. The first-order valence-corrected chi connectivity index (χ1v) is 7.42. The Hall–Kier alpha value is -1.24. The molecule has 0 spiro atoms. The average Bonchev–Trinajstić information content (AvgIpc) is 2.34. The van der Waals surface area contributed by atoms with E-state index in [0.29, 0.717) is 6.54 Å². The molecule has 0 saturated carbocycles. The summed E-state index contributed by atoms with van der Waals surface area (Å²) < 4.78 is 0. The van der Waals surface area contributed by atoms with Crippen LogP contribution in [0, 0.1) is 22.2 Å². The van der Waals surface area contributed by atoms with E-state index >= 15 is 0 Å². The van der Waals surface area contributed by atoms with Gasteiger partial charge in [-0.2, -0.15) is 4.99 Å². The van der Waals surface area contributed by atoms with Gasteiger partial charge in [-0.25, -0.2) is 14.6 Å². The zero-order valence-electron chi connectivity index (χ0n) is 15.0. The molecule has 0 heterocycles. The molecule has 0 N–H and O–H groups in total. The van der Waals surface area contributed by atoms with Crippen LogP contribution in [0.1, 0.15) is 62.3 Å². The van der Waals surface area contributed by atoms with Crippen LogP contribution in [-0.2, 0) is 9.59 Å². The Morgan fingerprint density at radius 1 is 0.857 bits per heavy atom. The summed E-state index contributed by atoms with van der Waals surface area (Å²) in [6.45, 7) is 19.5. The van der Waals surface area contributed by atoms with Gasteiger partial charge in [-0.05, 0) is 36.0 Å². The molecule has 0 bridgehead atoms. The summed E-state index contributed by atoms with van der Waals surface area (Å²) >= 11 is 0. The minimum atomic E-state index is -0.539. The molecular weight excluding hydrogens is 264 g/mol. The van der Waals surface area contributed by atoms with Gasteiger partial charge >= 0.3 is 0 Å². The largest absolute Gasteiger partial charge is 0.235 e. The minimum absolute atomic E-state index is 0.119. The number of hydrogen-bond donors (Lipinski definition) is 0. The minimum Gasteiger partial charge on any atom is -0.211 e. The maximum atomic E-state index is 10.8. The molecular formula is C17H30N2O2. The number of isocyanates is 2. The summed E-state index contributed by atoms with van der Waals surface area (Å²) in [6.07, 6.45) is 3.32. The quantitative estimate of drug-likeness (QED) is 0.523. The Labute approximate surface area is 129 Å². The fourth-order valence-corrected chi connectivity index (χ4v) is 2.84. The maximum absolute atomic E-state index is 10.8. The smallest absolute Gasteiger partial charge is 0.211 e. The summed E-state index contributed by atoms with van der Waals surface area (Å²) in [6, 6.07) is 0. The van der Waals surface area contributed by atoms with E-state index in [1.807, 2.05) is 13.8 Å². The summed E-state index contributed by atoms with van der Waals surface area (Å²) in [7, 11) is 0. The lowest BCUT2D eigenvalue weighted by Crippen LogP contribution is -2.56. The van der Waals surface area contributed by atoms with Gasteiger partial charge in [0.1, 0.15) is 0 Å². The van der Waals surface area contributed by atoms with Gasteiger partial charge in [-0.3, -0.25) is 0 Å². The zero-order chi connectivity index (χ0) is 17.1. The molecule has 21 heavy (non-hydrogen) atoms. The zero-order valence-corrected chi connectivity index (χ0v) is 15.0. The van der Waals surface area contributed by atoms with Gasteiger partial charge < -0.3 is 0 Å². The summed E-state index contributed by atoms with van der Waals surface area (Å²) in [5, 5.41) is 0. The highest BCUT2D eigenvalue weighted by Gasteiger charge is 2.56. The van der Waals surface area contributed by atoms with Gasteiger partial charge in [-0.1, -0.05) is 48.5 Å². The van der Waals surface area contributed by atoms with Crippen molar-refractivity contribution in [3.05, 3.63) is 0 Å². The van der Waals surface area contributed by atoms with Crippen molar-refractivity contribution in [1.82, 2.24) is 0 Å². The Morgan fingerprint density at radius 3 is 1.71 bits per heavy atom. The van der Waals surface area contributed by atoms with E-state index in [0.717, 1.165) is 0 Å². The molecule has 0 saturated heterocycles. The van der Waals surface area contributed by atoms with Crippen molar-refractivity contribution >= 4 is 12.2 Å². The molecule has 4 nitrogen and oxygen atoms in total. The predicted octanol–water partition coefficient (Wildman–Crippen LogP) is 4.15. The molecule has 0 aliphatic heterocycles. The van der Waals surface area contributed by atoms with Crippen LogP contribution < -0.4 is 0 Å². The molecule has 4 heteroatoms. The lowest BCUT2D eigenvalue weighted by atomic mass is 9.47. The average molecular weight is 294 g/mol. The molecule has 0 aromatic heterocycles. The first kappa shape index (κ1) is 19.8. The molecule has 1 atom stereocenters. The molecule has 120 valence electrons. The van der Waals surface area contributed by atoms with Gasteiger partial charge in [0, 0.05) is 0 Å². The van der Waals surface area contributed by atoms with Crippen molar-refractivity contribution in [2.75, 3.05) is 6.54 Å². The molecule has 0 rings (SSSR count). The topological polar surface area (TPSA) is 58.9 Å². The van der Waals surface area contributed by atoms with Crippen LogP contribution in [0.2, 0.25) is 0 Å². The molecule has 0 aromatic rings. The molecule has 0 aliphatic carbocycles. The Kier molecular flexibility index (Phi) is 5.88. The molecule has 0 amide bonds. The SMILES string of the molecule is CC(CN=C=O)C(C)(C)C(C)(C)C(C)(C)C(C)(C)N=C=O. The van der Waals surface area contributed by atoms with Gasteiger partial charge in [0.2, 0.25) is 12.2 Å². The third kappa shape index (κ3) is 3.33. The highest BCUT2D eigenvalue weighted by Crippen LogP contribution is 2.59. The predicted molar refractivity (Wildman–Crippen MR) is 85.7 cm³/mol. The van der Waals surface area contributed by atoms with Crippen LogP contribution >= 0.6 is 0 Å². The monoisotopic (exact) mass is 294 g/mol. The van der Waals surface area contributed by atoms with Gasteiger partial charge in [0.05, 0.1) is 12.1 Å². The number of aliphatic imine (C=N–C) groups is 2. The highest BCUT2D eigenvalue weighted by molar-refractivity contribution is 5.35. The standard InChI is InChI=1S/C17H30N2O2/c1-13(10-18-11-20)14(2,3)15(4,5)16(6,7)17(8,9)19-12-21/h13H,10H2,1-9H3. The molecule has 1 unspecified atom stereocenters. The number of carbonyl (C=O) groups excluding carboxylic acids is 2. The molecule has 0 aromatic carbocycles. The summed E-state index contributed by atoms with van der Waals surface area (Å²) in [5.74, 6) is 0.198. The van der Waals surface area contributed by atoms with Crippen molar-refractivity contribution < 1.29 is 9.59 Å². The highest BCUT2D eigenvalue weighted by atomic mass is 16.1. The first-order valence-electron chi connectivity index (χ1n) is 7.42. The van der Waals surface area contributed by atoms with Crippen molar-refractivity contribution in [3.8, 4) is 0 Å². The van der Waals surface area contributed by atoms with Crippen LogP contribution in [0.25, 0.3) is 0 Å². The van der Waals surface area contributed by atoms with E-state index in [-0.39, 0.29) is 22.2 Å². The Balaban J connectivity index is 5.82. The van der Waals surface area contributed by atoms with E-state index in [1.165, 1.54) is 0 Å². The van der Waals surface area contributed by atoms with Crippen LogP contribution in [0.3, 0.4) is 0 Å². The third-order valence-corrected chi connectivity index (χ3v) is 6.69. The van der Waals surface area contributed by atoms with Gasteiger partial charge in [-0.15, -0.1) is 0 Å². The van der Waals surface area contributed by atoms with Crippen LogP contribution in [0.15, 0.2) is 9.98 Å². The number of nitrogens with zero attached hydrogens (tertiary/aromatic N) is 2. The lowest BCUT2D eigenvalue weighted by Gasteiger charge is -2.58. The lowest BCUT2D eigenvalue weighted by molar-refractivity contribution is -0.0832. The fourth-order valence-electron chi connectivity index (χ4n) is 2.84. The van der Waals surface area contributed by atoms with Crippen molar-refractivity contribution in [3.63, 3.8) is 0 Å². The second-order valence-electron chi connectivity index (χ2n) is 8.07. The van der Waals surface area contributed by atoms with Crippen molar-refractivity contribution in [1.29, 1.82) is 0 Å². The Morgan fingerprint density at radius 2 is 1.33 bits per heavy atom. The first-order chi connectivity index (χ1) is 9.29. The summed E-state index contributed by atoms with van der Waals surface area (Å²) in [4.78, 5) is 28.9. The van der Waals surface area contributed by atoms with Crippen molar-refractivity contribution in [2.24, 2.45) is 32.1 Å². The van der Waals surface area contributed by atoms with E-state index in [2.05, 4.69) is 58.5 Å². The van der Waals surface area contributed by atoms with E-state index in [4.69, 9.17) is 0 Å². The molecule has 0 radical (unpaired) electrons. The van der Waals surface area contributed by atoms with E-state index in [9.17, 15) is 9.59 Å². The van der Waals surface area contributed by atoms with Gasteiger partial charge in [0.15, 0.2) is 0 Å². The number of hydrogen-bond acceptors (Lipinski definition) is 4. The van der Waals surface area contributed by atoms with E-state index < -0.39 is 5.54 Å². The molecule has 0 fully saturated rings. The second-order valence-corrected chi connectivity index (χ2v) is 8.07. The van der Waals surface area contributed by atoms with Crippen LogP contribution in [0.5, 0.6) is 0 Å². The number of rotatable bonds is 7. The van der Waals surface area contributed by atoms with Crippen LogP contribution in [0.4, 0.5) is 0 Å². The second kappa shape index (κ2) is 6.25. The normalized spacial score (nSPS) is 14.9.